The molecule has 0 aliphatic rings. The molecule has 1 heterocycles. The summed E-state index contributed by atoms with van der Waals surface area (Å²) in [7, 11) is 1.24. The van der Waals surface area contributed by atoms with Gasteiger partial charge in [-0.2, -0.15) is 9.97 Å². The normalized spacial score (nSPS) is 10.4. The second kappa shape index (κ2) is 11.1. The number of rotatable bonds is 9. The molecule has 2 N–H and O–H groups in total. The molecule has 0 radical (unpaired) electrons. The maximum absolute atomic E-state index is 12.7. The number of nitrogens with two attached hydrogens (primary N) is 1. The number of methoxy groups -OCH3 is 1. The van der Waals surface area contributed by atoms with Crippen LogP contribution in [0.3, 0.4) is 0 Å². The van der Waals surface area contributed by atoms with Gasteiger partial charge in [0, 0.05) is 0 Å². The fourth-order valence-corrected chi connectivity index (χ4v) is 3.07. The summed E-state index contributed by atoms with van der Waals surface area (Å²) >= 11 is 1.12. The summed E-state index contributed by atoms with van der Waals surface area (Å²) in [6.45, 7) is 3.00. The highest BCUT2D eigenvalue weighted by molar-refractivity contribution is 7.98. The van der Waals surface area contributed by atoms with E-state index in [0.717, 1.165) is 22.2 Å². The van der Waals surface area contributed by atoms with Crippen LogP contribution in [0, 0.1) is 17.0 Å². The number of anilines is 2. The van der Waals surface area contributed by atoms with Crippen LogP contribution < -0.4 is 15.4 Å². The molecule has 0 unspecified atom stereocenters. The third-order valence-electron chi connectivity index (χ3n) is 4.02. The highest BCUT2D eigenvalue weighted by Gasteiger charge is 2.32. The number of esters is 1. The smallest absolute Gasteiger partial charge is 0.415 e. The zero-order chi connectivity index (χ0) is 23.8. The van der Waals surface area contributed by atoms with Crippen LogP contribution in [-0.2, 0) is 20.8 Å². The van der Waals surface area contributed by atoms with Gasteiger partial charge in [0.05, 0.1) is 25.2 Å². The van der Waals surface area contributed by atoms with Crippen molar-refractivity contribution in [1.82, 2.24) is 9.97 Å². The van der Waals surface area contributed by atoms with E-state index >= 15 is 0 Å². The molecule has 1 aromatic carbocycles. The lowest BCUT2D eigenvalue weighted by atomic mass is 10.1. The van der Waals surface area contributed by atoms with Crippen molar-refractivity contribution < 1.29 is 28.7 Å². The van der Waals surface area contributed by atoms with Crippen LogP contribution in [0.2, 0.25) is 0 Å². The lowest BCUT2D eigenvalue weighted by Gasteiger charge is -2.22. The van der Waals surface area contributed by atoms with Crippen molar-refractivity contribution in [2.75, 3.05) is 37.2 Å². The largest absolute Gasteiger partial charge is 0.482 e. The predicted octanol–water partition coefficient (Wildman–Crippen LogP) is 2.71. The second-order valence-electron chi connectivity index (χ2n) is 6.33. The number of nitro groups is 1. The number of hydrogen-bond acceptors (Lipinski definition) is 11. The number of aryl methyl sites for hydroxylation is 1. The Labute approximate surface area is 188 Å². The van der Waals surface area contributed by atoms with Crippen LogP contribution in [0.4, 0.5) is 22.1 Å². The zero-order valence-corrected chi connectivity index (χ0v) is 18.8. The fourth-order valence-electron chi connectivity index (χ4n) is 2.70. The first-order valence-electron chi connectivity index (χ1n) is 9.30. The van der Waals surface area contributed by atoms with Gasteiger partial charge in [0.15, 0.2) is 11.8 Å². The molecule has 0 saturated heterocycles. The molecule has 0 aliphatic carbocycles. The summed E-state index contributed by atoms with van der Waals surface area (Å²) in [5.74, 6) is -0.859. The molecule has 0 atom stereocenters. The van der Waals surface area contributed by atoms with Crippen LogP contribution in [-0.4, -0.2) is 53.5 Å². The SMILES string of the molecule is CCOC(=O)N(Cc1cc(C)cc(OCC(=O)OC)c1)c1nc(SC)nc(N)c1[N+](=O)[O-]. The van der Waals surface area contributed by atoms with Gasteiger partial charge in [0.2, 0.25) is 11.6 Å². The highest BCUT2D eigenvalue weighted by atomic mass is 32.2. The Morgan fingerprint density at radius 2 is 2.00 bits per heavy atom. The number of amides is 1. The van der Waals surface area contributed by atoms with E-state index in [1.165, 1.54) is 7.11 Å². The first kappa shape index (κ1) is 24.7. The Hall–Kier alpha value is -3.61. The van der Waals surface area contributed by atoms with Gasteiger partial charge >= 0.3 is 17.7 Å². The van der Waals surface area contributed by atoms with E-state index in [-0.39, 0.29) is 36.6 Å². The number of nitrogens with zero attached hydrogens (tertiary/aromatic N) is 4. The van der Waals surface area contributed by atoms with Crippen molar-refractivity contribution in [2.24, 2.45) is 0 Å². The van der Waals surface area contributed by atoms with Crippen molar-refractivity contribution in [2.45, 2.75) is 25.5 Å². The standard InChI is InChI=1S/C19H23N5O7S/c1-5-30-19(26)23(17-15(24(27)28)16(20)21-18(22-17)32-4)9-12-6-11(2)7-13(8-12)31-10-14(25)29-3/h6-8H,5,9-10H2,1-4H3,(H2,20,21,22). The number of hydrogen-bond donors (Lipinski definition) is 1. The van der Waals surface area contributed by atoms with Gasteiger partial charge in [-0.05, 0) is 43.4 Å². The van der Waals surface area contributed by atoms with Crippen molar-refractivity contribution in [3.63, 3.8) is 0 Å². The van der Waals surface area contributed by atoms with Crippen LogP contribution >= 0.6 is 11.8 Å². The number of thioether (sulfide) groups is 1. The topological polar surface area (TPSA) is 160 Å². The molecule has 2 rings (SSSR count). The molecule has 0 saturated carbocycles. The van der Waals surface area contributed by atoms with Crippen molar-refractivity contribution in [1.29, 1.82) is 0 Å². The van der Waals surface area contributed by atoms with Crippen molar-refractivity contribution in [3.05, 3.63) is 39.4 Å². The number of aromatic nitrogens is 2. The van der Waals surface area contributed by atoms with E-state index in [2.05, 4.69) is 14.7 Å². The lowest BCUT2D eigenvalue weighted by molar-refractivity contribution is -0.383. The van der Waals surface area contributed by atoms with E-state index < -0.39 is 22.7 Å². The summed E-state index contributed by atoms with van der Waals surface area (Å²) in [6.07, 6.45) is 0.823. The van der Waals surface area contributed by atoms with Crippen LogP contribution in [0.15, 0.2) is 23.4 Å². The first-order valence-corrected chi connectivity index (χ1v) is 10.5. The molecule has 0 bridgehead atoms. The third-order valence-corrected chi connectivity index (χ3v) is 4.56. The van der Waals surface area contributed by atoms with Crippen molar-refractivity contribution >= 4 is 41.1 Å². The molecule has 32 heavy (non-hydrogen) atoms. The zero-order valence-electron chi connectivity index (χ0n) is 18.0. The van der Waals surface area contributed by atoms with E-state index in [0.29, 0.717) is 11.3 Å². The number of nitrogen functional groups attached to an aromatic ring is 1. The Morgan fingerprint density at radius 1 is 1.28 bits per heavy atom. The highest BCUT2D eigenvalue weighted by Crippen LogP contribution is 2.34. The third kappa shape index (κ3) is 6.20. The fraction of sp³-hybridized carbons (Fsp3) is 0.368. The monoisotopic (exact) mass is 465 g/mol. The molecular weight excluding hydrogens is 442 g/mol. The summed E-state index contributed by atoms with van der Waals surface area (Å²) in [5.41, 5.74) is 6.50. The minimum Gasteiger partial charge on any atom is -0.482 e. The average Bonchev–Trinajstić information content (AvgIpc) is 2.74. The summed E-state index contributed by atoms with van der Waals surface area (Å²) < 4.78 is 15.1. The Bertz CT molecular complexity index is 1020. The number of benzene rings is 1. The molecule has 13 heteroatoms. The number of carbonyl (C=O) groups excluding carboxylic acids is 2. The Kier molecular flexibility index (Phi) is 8.58. The van der Waals surface area contributed by atoms with E-state index in [4.69, 9.17) is 15.2 Å². The molecule has 172 valence electrons. The molecule has 0 spiro atoms. The molecular formula is C19H23N5O7S. The van der Waals surface area contributed by atoms with Gasteiger partial charge < -0.3 is 19.9 Å². The molecule has 12 nitrogen and oxygen atoms in total. The lowest BCUT2D eigenvalue weighted by Crippen LogP contribution is -2.33. The molecule has 0 fully saturated rings. The molecule has 1 amide bonds. The van der Waals surface area contributed by atoms with Gasteiger partial charge in [-0.15, -0.1) is 0 Å². The Balaban J connectivity index is 2.52. The maximum Gasteiger partial charge on any atom is 0.415 e. The number of carbonyl (C=O) groups is 2. The maximum atomic E-state index is 12.7. The minimum absolute atomic E-state index is 0.0421. The average molecular weight is 465 g/mol. The van der Waals surface area contributed by atoms with Gasteiger partial charge in [-0.3, -0.25) is 15.0 Å². The first-order chi connectivity index (χ1) is 15.2. The van der Waals surface area contributed by atoms with Crippen molar-refractivity contribution in [3.8, 4) is 5.75 Å². The number of ether oxygens (including phenoxy) is 3. The van der Waals surface area contributed by atoms with Crippen LogP contribution in [0.5, 0.6) is 5.75 Å². The summed E-state index contributed by atoms with van der Waals surface area (Å²) in [6, 6.07) is 5.04. The summed E-state index contributed by atoms with van der Waals surface area (Å²) in [4.78, 5) is 44.1. The van der Waals surface area contributed by atoms with Crippen LogP contribution in [0.1, 0.15) is 18.1 Å². The molecule has 1 aromatic heterocycles. The molecule has 2 aromatic rings. The molecule has 0 aliphatic heterocycles. The Morgan fingerprint density at radius 3 is 2.59 bits per heavy atom. The quantitative estimate of drug-likeness (QED) is 0.191. The second-order valence-corrected chi connectivity index (χ2v) is 7.10. The van der Waals surface area contributed by atoms with Gasteiger partial charge in [-0.25, -0.2) is 9.59 Å². The van der Waals surface area contributed by atoms with Crippen LogP contribution in [0.25, 0.3) is 0 Å². The van der Waals surface area contributed by atoms with Gasteiger partial charge in [-0.1, -0.05) is 17.8 Å². The minimum atomic E-state index is -0.848. The van der Waals surface area contributed by atoms with Gasteiger partial charge in [0.1, 0.15) is 5.75 Å². The summed E-state index contributed by atoms with van der Waals surface area (Å²) in [5, 5.41) is 11.8. The van der Waals surface area contributed by atoms with E-state index in [9.17, 15) is 19.7 Å². The predicted molar refractivity (Wildman–Crippen MR) is 117 cm³/mol. The van der Waals surface area contributed by atoms with Gasteiger partial charge in [0.25, 0.3) is 0 Å². The van der Waals surface area contributed by atoms with E-state index in [1.54, 1.807) is 38.3 Å². The van der Waals surface area contributed by atoms with E-state index in [1.807, 2.05) is 0 Å².